The van der Waals surface area contributed by atoms with Crippen LogP contribution in [-0.4, -0.2) is 23.2 Å². The van der Waals surface area contributed by atoms with E-state index in [9.17, 15) is 0 Å². The van der Waals surface area contributed by atoms with Crippen LogP contribution >= 0.6 is 15.9 Å². The maximum absolute atomic E-state index is 6.08. The van der Waals surface area contributed by atoms with E-state index in [1.165, 1.54) is 12.8 Å². The predicted molar refractivity (Wildman–Crippen MR) is 108 cm³/mol. The number of benzene rings is 1. The first-order valence-corrected chi connectivity index (χ1v) is 9.50. The number of halogens is 1. The van der Waals surface area contributed by atoms with Crippen LogP contribution in [0.5, 0.6) is 11.5 Å². The molecule has 8 heteroatoms. The molecule has 140 valence electrons. The number of hydrogen-bond donors (Lipinski definition) is 3. The van der Waals surface area contributed by atoms with Gasteiger partial charge in [-0.25, -0.2) is 4.98 Å². The van der Waals surface area contributed by atoms with Gasteiger partial charge in [0.05, 0.1) is 4.47 Å². The number of allylic oxidation sites excluding steroid dienone is 2. The standard InChI is InChI=1S/C19H20BrN5O2/c1-11(12-2-3-12)8-17(21)24-18-14(20)10-22-19(25-18)23-13-4-5-15-16(9-13)27-7-6-26-15/h4-5,8-10,12H,1-3,6-7,21H2,(H2,22,23,24,25)/b17-8+. The van der Waals surface area contributed by atoms with Gasteiger partial charge in [0.15, 0.2) is 17.3 Å². The van der Waals surface area contributed by atoms with Crippen molar-refractivity contribution in [2.24, 2.45) is 11.7 Å². The number of ether oxygens (including phenoxy) is 2. The molecular weight excluding hydrogens is 410 g/mol. The van der Waals surface area contributed by atoms with E-state index in [-0.39, 0.29) is 0 Å². The summed E-state index contributed by atoms with van der Waals surface area (Å²) in [5.74, 6) is 3.50. The Balaban J connectivity index is 1.49. The number of rotatable bonds is 6. The van der Waals surface area contributed by atoms with Crippen molar-refractivity contribution in [3.8, 4) is 11.5 Å². The Hall–Kier alpha value is -2.74. The average Bonchev–Trinajstić information content (AvgIpc) is 3.49. The molecule has 1 aliphatic heterocycles. The third kappa shape index (κ3) is 4.33. The summed E-state index contributed by atoms with van der Waals surface area (Å²) in [6.07, 6.45) is 5.89. The first kappa shape index (κ1) is 17.7. The van der Waals surface area contributed by atoms with E-state index in [4.69, 9.17) is 15.2 Å². The summed E-state index contributed by atoms with van der Waals surface area (Å²) < 4.78 is 11.8. The monoisotopic (exact) mass is 429 g/mol. The zero-order chi connectivity index (χ0) is 18.8. The van der Waals surface area contributed by atoms with Crippen LogP contribution in [-0.2, 0) is 0 Å². The number of nitrogens with one attached hydrogen (secondary N) is 2. The van der Waals surface area contributed by atoms with Crippen LogP contribution in [0, 0.1) is 5.92 Å². The van der Waals surface area contributed by atoms with Gasteiger partial charge in [0.2, 0.25) is 5.95 Å². The van der Waals surface area contributed by atoms with E-state index < -0.39 is 0 Å². The van der Waals surface area contributed by atoms with Crippen LogP contribution in [0.1, 0.15) is 12.8 Å². The fraction of sp³-hybridized carbons (Fsp3) is 0.263. The van der Waals surface area contributed by atoms with E-state index >= 15 is 0 Å². The zero-order valence-corrected chi connectivity index (χ0v) is 16.3. The van der Waals surface area contributed by atoms with Gasteiger partial charge in [-0.05, 0) is 58.5 Å². The summed E-state index contributed by atoms with van der Waals surface area (Å²) >= 11 is 3.44. The van der Waals surface area contributed by atoms with E-state index in [0.29, 0.717) is 46.9 Å². The van der Waals surface area contributed by atoms with E-state index in [1.54, 1.807) is 6.20 Å². The van der Waals surface area contributed by atoms with Crippen molar-refractivity contribution >= 4 is 33.4 Å². The van der Waals surface area contributed by atoms with Crippen LogP contribution in [0.25, 0.3) is 0 Å². The SMILES string of the molecule is C=C(/C=C(\N)Nc1nc(Nc2ccc3c(c2)OCCO3)ncc1Br)C1CC1. The fourth-order valence-corrected chi connectivity index (χ4v) is 3.00. The minimum absolute atomic E-state index is 0.436. The Morgan fingerprint density at radius 1 is 1.26 bits per heavy atom. The lowest BCUT2D eigenvalue weighted by Gasteiger charge is -2.19. The van der Waals surface area contributed by atoms with Crippen molar-refractivity contribution < 1.29 is 9.47 Å². The molecule has 0 atom stereocenters. The van der Waals surface area contributed by atoms with Crippen molar-refractivity contribution in [2.75, 3.05) is 23.8 Å². The lowest BCUT2D eigenvalue weighted by molar-refractivity contribution is 0.171. The molecule has 1 aromatic carbocycles. The van der Waals surface area contributed by atoms with Crippen LogP contribution < -0.4 is 25.8 Å². The molecule has 27 heavy (non-hydrogen) atoms. The van der Waals surface area contributed by atoms with Crippen molar-refractivity contribution in [1.29, 1.82) is 0 Å². The summed E-state index contributed by atoms with van der Waals surface area (Å²) in [4.78, 5) is 8.78. The number of nitrogens with two attached hydrogens (primary N) is 1. The number of nitrogens with zero attached hydrogens (tertiary/aromatic N) is 2. The average molecular weight is 430 g/mol. The molecule has 1 saturated carbocycles. The smallest absolute Gasteiger partial charge is 0.229 e. The summed E-state index contributed by atoms with van der Waals surface area (Å²) in [5, 5.41) is 6.26. The molecule has 0 bridgehead atoms. The number of anilines is 3. The number of aromatic nitrogens is 2. The quantitative estimate of drug-likeness (QED) is 0.598. The Kier molecular flexibility index (Phi) is 4.89. The van der Waals surface area contributed by atoms with E-state index in [2.05, 4.69) is 43.1 Å². The predicted octanol–water partition coefficient (Wildman–Crippen LogP) is 3.93. The number of hydrogen-bond acceptors (Lipinski definition) is 7. The van der Waals surface area contributed by atoms with Crippen LogP contribution in [0.2, 0.25) is 0 Å². The fourth-order valence-electron chi connectivity index (χ4n) is 2.71. The highest BCUT2D eigenvalue weighted by atomic mass is 79.9. The van der Waals surface area contributed by atoms with E-state index in [1.807, 2.05) is 24.3 Å². The Bertz CT molecular complexity index is 911. The Labute approximate surface area is 165 Å². The lowest BCUT2D eigenvalue weighted by atomic mass is 10.2. The summed E-state index contributed by atoms with van der Waals surface area (Å²) in [6.45, 7) is 5.16. The normalized spacial score (nSPS) is 16.0. The minimum atomic E-state index is 0.436. The molecule has 0 amide bonds. The van der Waals surface area contributed by atoms with Gasteiger partial charge in [0.25, 0.3) is 0 Å². The maximum atomic E-state index is 6.08. The van der Waals surface area contributed by atoms with Crippen molar-refractivity contribution in [1.82, 2.24) is 9.97 Å². The summed E-state index contributed by atoms with van der Waals surface area (Å²) in [7, 11) is 0. The maximum Gasteiger partial charge on any atom is 0.229 e. The highest BCUT2D eigenvalue weighted by molar-refractivity contribution is 9.10. The van der Waals surface area contributed by atoms with Gasteiger partial charge in [0.1, 0.15) is 19.0 Å². The van der Waals surface area contributed by atoms with Gasteiger partial charge in [-0.15, -0.1) is 0 Å². The van der Waals surface area contributed by atoms with Gasteiger partial charge >= 0.3 is 0 Å². The zero-order valence-electron chi connectivity index (χ0n) is 14.7. The Morgan fingerprint density at radius 2 is 2.04 bits per heavy atom. The van der Waals surface area contributed by atoms with Crippen LogP contribution in [0.15, 0.2) is 52.9 Å². The molecule has 7 nitrogen and oxygen atoms in total. The van der Waals surface area contributed by atoms with Crippen LogP contribution in [0.4, 0.5) is 17.5 Å². The molecule has 4 N–H and O–H groups in total. The number of fused-ring (bicyclic) bond motifs is 1. The molecule has 0 spiro atoms. The van der Waals surface area contributed by atoms with Gasteiger partial charge < -0.3 is 25.8 Å². The van der Waals surface area contributed by atoms with Crippen LogP contribution in [0.3, 0.4) is 0 Å². The van der Waals surface area contributed by atoms with Gasteiger partial charge in [-0.2, -0.15) is 4.98 Å². The van der Waals surface area contributed by atoms with Crippen molar-refractivity contribution in [3.05, 3.63) is 52.9 Å². The first-order valence-electron chi connectivity index (χ1n) is 8.71. The lowest BCUT2D eigenvalue weighted by Crippen LogP contribution is -2.15. The molecule has 2 aromatic rings. The highest BCUT2D eigenvalue weighted by Gasteiger charge is 2.23. The third-order valence-electron chi connectivity index (χ3n) is 4.25. The topological polar surface area (TPSA) is 94.3 Å². The molecule has 0 unspecified atom stereocenters. The molecule has 4 rings (SSSR count). The summed E-state index contributed by atoms with van der Waals surface area (Å²) in [6, 6.07) is 5.61. The van der Waals surface area contributed by atoms with Crippen molar-refractivity contribution in [3.63, 3.8) is 0 Å². The molecule has 1 aromatic heterocycles. The molecule has 1 aliphatic carbocycles. The Morgan fingerprint density at radius 3 is 2.81 bits per heavy atom. The highest BCUT2D eigenvalue weighted by Crippen LogP contribution is 2.36. The third-order valence-corrected chi connectivity index (χ3v) is 4.83. The molecule has 2 heterocycles. The molecule has 1 fully saturated rings. The first-order chi connectivity index (χ1) is 13.1. The molecule has 2 aliphatic rings. The van der Waals surface area contributed by atoms with Gasteiger partial charge in [0, 0.05) is 18.0 Å². The second-order valence-electron chi connectivity index (χ2n) is 6.45. The van der Waals surface area contributed by atoms with Crippen molar-refractivity contribution in [2.45, 2.75) is 12.8 Å². The second-order valence-corrected chi connectivity index (χ2v) is 7.30. The molecule has 0 radical (unpaired) electrons. The van der Waals surface area contributed by atoms with Gasteiger partial charge in [-0.3, -0.25) is 0 Å². The molecular formula is C19H20BrN5O2. The largest absolute Gasteiger partial charge is 0.486 e. The minimum Gasteiger partial charge on any atom is -0.486 e. The van der Waals surface area contributed by atoms with E-state index in [0.717, 1.165) is 17.0 Å². The molecule has 0 saturated heterocycles. The summed E-state index contributed by atoms with van der Waals surface area (Å²) in [5.41, 5.74) is 7.92. The second kappa shape index (κ2) is 7.48. The van der Waals surface area contributed by atoms with Gasteiger partial charge in [-0.1, -0.05) is 6.58 Å².